The maximum absolute atomic E-state index is 13.3. The highest BCUT2D eigenvalue weighted by Gasteiger charge is 2.49. The Morgan fingerprint density at radius 3 is 2.68 bits per heavy atom. The quantitative estimate of drug-likeness (QED) is 0.289. The molecule has 4 rings (SSSR count). The third-order valence-corrected chi connectivity index (χ3v) is 5.79. The first-order valence-corrected chi connectivity index (χ1v) is 11.0. The van der Waals surface area contributed by atoms with Crippen LogP contribution in [-0.4, -0.2) is 62.7 Å². The molecular formula is C24H29N3O7. The number of rotatable bonds is 12. The Hall–Kier alpha value is -3.18. The standard InChI is InChI=1S/C24H29N3O7/c1-30-10-11-32-16-33-18-8-9-19-20(12-18)22-14-26(21(19)13-23(28)25-31-2)24(29)27(22)34-15-17-6-4-3-5-7-17/h3-9,12,21-22H,10-11,13-16H2,1-2H3,(H,25,28)/t21-,22-/m0/s1. The van der Waals surface area contributed by atoms with Crippen LogP contribution in [0.4, 0.5) is 4.79 Å². The van der Waals surface area contributed by atoms with E-state index in [1.807, 2.05) is 48.5 Å². The van der Waals surface area contributed by atoms with Crippen LogP contribution < -0.4 is 10.2 Å². The lowest BCUT2D eigenvalue weighted by Gasteiger charge is -2.32. The summed E-state index contributed by atoms with van der Waals surface area (Å²) in [4.78, 5) is 38.0. The minimum atomic E-state index is -0.453. The summed E-state index contributed by atoms with van der Waals surface area (Å²) in [5, 5.41) is 1.40. The average Bonchev–Trinajstić information content (AvgIpc) is 3.14. The highest BCUT2D eigenvalue weighted by atomic mass is 16.7. The Kier molecular flexibility index (Phi) is 7.96. The molecule has 2 aromatic rings. The number of nitrogens with one attached hydrogen (secondary N) is 1. The molecule has 2 aromatic carbocycles. The average molecular weight is 472 g/mol. The predicted octanol–water partition coefficient (Wildman–Crippen LogP) is 2.72. The molecule has 0 aliphatic carbocycles. The number of urea groups is 1. The zero-order valence-corrected chi connectivity index (χ0v) is 19.3. The summed E-state index contributed by atoms with van der Waals surface area (Å²) in [5.41, 5.74) is 5.03. The van der Waals surface area contributed by atoms with Crippen molar-refractivity contribution >= 4 is 11.9 Å². The lowest BCUT2D eigenvalue weighted by Crippen LogP contribution is -2.37. The van der Waals surface area contributed by atoms with E-state index in [1.54, 1.807) is 12.0 Å². The van der Waals surface area contributed by atoms with Crippen LogP contribution in [0.25, 0.3) is 0 Å². The van der Waals surface area contributed by atoms with Gasteiger partial charge in [0, 0.05) is 7.11 Å². The molecule has 0 spiro atoms. The second-order valence-corrected chi connectivity index (χ2v) is 7.94. The van der Waals surface area contributed by atoms with Crippen molar-refractivity contribution in [3.05, 3.63) is 65.2 Å². The molecule has 1 fully saturated rings. The summed E-state index contributed by atoms with van der Waals surface area (Å²) < 4.78 is 16.1. The molecule has 10 nitrogen and oxygen atoms in total. The Morgan fingerprint density at radius 2 is 1.91 bits per heavy atom. The van der Waals surface area contributed by atoms with Gasteiger partial charge in [-0.2, -0.15) is 5.06 Å². The Labute approximate surface area is 198 Å². The molecule has 1 saturated heterocycles. The van der Waals surface area contributed by atoms with Crippen molar-refractivity contribution in [2.24, 2.45) is 0 Å². The minimum Gasteiger partial charge on any atom is -0.468 e. The molecule has 34 heavy (non-hydrogen) atoms. The largest absolute Gasteiger partial charge is 0.468 e. The van der Waals surface area contributed by atoms with E-state index in [-0.39, 0.29) is 37.8 Å². The first kappa shape index (κ1) is 24.0. The number of methoxy groups -OCH3 is 1. The number of ether oxygens (including phenoxy) is 3. The van der Waals surface area contributed by atoms with Crippen molar-refractivity contribution in [2.75, 3.05) is 40.8 Å². The van der Waals surface area contributed by atoms with Gasteiger partial charge in [0.1, 0.15) is 18.4 Å². The van der Waals surface area contributed by atoms with Gasteiger partial charge in [0.05, 0.1) is 39.3 Å². The van der Waals surface area contributed by atoms with Crippen molar-refractivity contribution in [3.63, 3.8) is 0 Å². The van der Waals surface area contributed by atoms with Gasteiger partial charge in [-0.3, -0.25) is 14.5 Å². The molecule has 2 atom stereocenters. The van der Waals surface area contributed by atoms with Gasteiger partial charge in [-0.1, -0.05) is 36.4 Å². The fourth-order valence-electron chi connectivity index (χ4n) is 4.21. The maximum Gasteiger partial charge on any atom is 0.345 e. The first-order chi connectivity index (χ1) is 16.6. The minimum absolute atomic E-state index is 0.0617. The molecule has 2 bridgehead atoms. The van der Waals surface area contributed by atoms with E-state index >= 15 is 0 Å². The molecule has 0 aromatic heterocycles. The molecule has 2 aliphatic heterocycles. The zero-order chi connectivity index (χ0) is 23.9. The summed E-state index contributed by atoms with van der Waals surface area (Å²) in [6, 6.07) is 14.2. The smallest absolute Gasteiger partial charge is 0.345 e. The first-order valence-electron chi connectivity index (χ1n) is 11.0. The van der Waals surface area contributed by atoms with Crippen LogP contribution in [0.15, 0.2) is 48.5 Å². The van der Waals surface area contributed by atoms with Gasteiger partial charge < -0.3 is 19.1 Å². The monoisotopic (exact) mass is 471 g/mol. The van der Waals surface area contributed by atoms with Crippen LogP contribution in [0.5, 0.6) is 5.75 Å². The number of hydrogen-bond acceptors (Lipinski definition) is 7. The SMILES string of the molecule is COCCOCOc1ccc2c(c1)[C@@H]1CN(C(=O)N1OCc1ccccc1)[C@H]2CC(=O)NOC. The number of carbonyl (C=O) groups excluding carboxylic acids is 2. The van der Waals surface area contributed by atoms with Gasteiger partial charge in [0.15, 0.2) is 6.79 Å². The molecule has 3 amide bonds. The second kappa shape index (κ2) is 11.3. The van der Waals surface area contributed by atoms with E-state index in [1.165, 1.54) is 12.2 Å². The van der Waals surface area contributed by atoms with E-state index < -0.39 is 6.04 Å². The van der Waals surface area contributed by atoms with Gasteiger partial charge in [-0.05, 0) is 28.8 Å². The van der Waals surface area contributed by atoms with Crippen LogP contribution in [0.2, 0.25) is 0 Å². The van der Waals surface area contributed by atoms with Gasteiger partial charge >= 0.3 is 6.03 Å². The van der Waals surface area contributed by atoms with Gasteiger partial charge in [0.25, 0.3) is 0 Å². The van der Waals surface area contributed by atoms with E-state index in [0.29, 0.717) is 25.5 Å². The Bertz CT molecular complexity index is 988. The second-order valence-electron chi connectivity index (χ2n) is 7.94. The lowest BCUT2D eigenvalue weighted by molar-refractivity contribution is -0.141. The third kappa shape index (κ3) is 5.31. The van der Waals surface area contributed by atoms with E-state index in [0.717, 1.165) is 16.7 Å². The van der Waals surface area contributed by atoms with Gasteiger partial charge in [-0.15, -0.1) is 0 Å². The topological polar surface area (TPSA) is 98.8 Å². The van der Waals surface area contributed by atoms with Crippen molar-refractivity contribution in [1.29, 1.82) is 0 Å². The van der Waals surface area contributed by atoms with E-state index in [2.05, 4.69) is 5.48 Å². The van der Waals surface area contributed by atoms with E-state index in [9.17, 15) is 9.59 Å². The molecular weight excluding hydrogens is 442 g/mol. The van der Waals surface area contributed by atoms with E-state index in [4.69, 9.17) is 23.9 Å². The number of carbonyl (C=O) groups is 2. The molecule has 0 unspecified atom stereocenters. The zero-order valence-electron chi connectivity index (χ0n) is 19.3. The molecule has 182 valence electrons. The number of amides is 3. The van der Waals surface area contributed by atoms with Crippen molar-refractivity contribution in [3.8, 4) is 5.75 Å². The number of benzene rings is 2. The van der Waals surface area contributed by atoms with Crippen LogP contribution in [0.3, 0.4) is 0 Å². The van der Waals surface area contributed by atoms with Crippen molar-refractivity contribution < 1.29 is 33.5 Å². The van der Waals surface area contributed by atoms with Crippen LogP contribution in [0, 0.1) is 0 Å². The molecule has 2 aliphatic rings. The van der Waals surface area contributed by atoms with Gasteiger partial charge in [-0.25, -0.2) is 10.3 Å². The normalized spacial score (nSPS) is 18.7. The van der Waals surface area contributed by atoms with Gasteiger partial charge in [0.2, 0.25) is 5.91 Å². The van der Waals surface area contributed by atoms with Crippen LogP contribution >= 0.6 is 0 Å². The molecule has 0 radical (unpaired) electrons. The summed E-state index contributed by atoms with van der Waals surface area (Å²) in [6.45, 7) is 1.63. The van der Waals surface area contributed by atoms with Crippen LogP contribution in [-0.2, 0) is 30.6 Å². The number of hydroxylamine groups is 3. The summed E-state index contributed by atoms with van der Waals surface area (Å²) >= 11 is 0. The highest BCUT2D eigenvalue weighted by molar-refractivity contribution is 5.81. The molecule has 1 N–H and O–H groups in total. The van der Waals surface area contributed by atoms with Crippen molar-refractivity contribution in [1.82, 2.24) is 15.4 Å². The molecule has 2 heterocycles. The maximum atomic E-state index is 13.3. The summed E-state index contributed by atoms with van der Waals surface area (Å²) in [7, 11) is 2.98. The Balaban J connectivity index is 1.56. The molecule has 0 saturated carbocycles. The third-order valence-electron chi connectivity index (χ3n) is 5.79. The Morgan fingerprint density at radius 1 is 1.09 bits per heavy atom. The predicted molar refractivity (Wildman–Crippen MR) is 120 cm³/mol. The molecule has 10 heteroatoms. The lowest BCUT2D eigenvalue weighted by atomic mass is 9.89. The van der Waals surface area contributed by atoms with Crippen LogP contribution in [0.1, 0.15) is 35.2 Å². The summed E-state index contributed by atoms with van der Waals surface area (Å²) in [6.07, 6.45) is 0.0617. The number of hydrogen-bond donors (Lipinski definition) is 1. The fraction of sp³-hybridized carbons (Fsp3) is 0.417. The number of nitrogens with zero attached hydrogens (tertiary/aromatic N) is 2. The highest BCUT2D eigenvalue weighted by Crippen LogP contribution is 2.46. The fourth-order valence-corrected chi connectivity index (χ4v) is 4.21. The van der Waals surface area contributed by atoms with Crippen molar-refractivity contribution in [2.45, 2.75) is 25.1 Å². The summed E-state index contributed by atoms with van der Waals surface area (Å²) in [5.74, 6) is 0.285. The number of fused-ring (bicyclic) bond motifs is 4.